The van der Waals surface area contributed by atoms with Crippen LogP contribution in [0, 0.1) is 23.7 Å². The smallest absolute Gasteiger partial charge is 0.316 e. The van der Waals surface area contributed by atoms with Crippen molar-refractivity contribution < 1.29 is 23.9 Å². The van der Waals surface area contributed by atoms with Gasteiger partial charge in [0.15, 0.2) is 0 Å². The van der Waals surface area contributed by atoms with E-state index in [0.29, 0.717) is 25.4 Å². The summed E-state index contributed by atoms with van der Waals surface area (Å²) >= 11 is 0. The number of carbonyl (C=O) groups is 4. The van der Waals surface area contributed by atoms with Crippen LogP contribution >= 0.6 is 0 Å². The molecule has 0 heterocycles. The molecule has 1 fully saturated rings. The van der Waals surface area contributed by atoms with E-state index in [4.69, 9.17) is 0 Å². The summed E-state index contributed by atoms with van der Waals surface area (Å²) in [7, 11) is 1.20. The Morgan fingerprint density at radius 3 is 2.38 bits per heavy atom. The normalized spacial score (nSPS) is 30.4. The molecule has 0 aliphatic heterocycles. The van der Waals surface area contributed by atoms with Crippen LogP contribution in [0.25, 0.3) is 0 Å². The summed E-state index contributed by atoms with van der Waals surface area (Å²) in [5.74, 6) is -2.91. The van der Waals surface area contributed by atoms with E-state index in [-0.39, 0.29) is 5.92 Å². The van der Waals surface area contributed by atoms with Crippen molar-refractivity contribution in [1.82, 2.24) is 0 Å². The molecule has 16 heavy (non-hydrogen) atoms. The second-order valence-electron chi connectivity index (χ2n) is 3.94. The Balaban J connectivity index is 2.86. The van der Waals surface area contributed by atoms with Gasteiger partial charge < -0.3 is 19.1 Å². The molecule has 88 valence electrons. The van der Waals surface area contributed by atoms with Gasteiger partial charge in [-0.15, -0.1) is 0 Å². The standard InChI is InChI=1S/C11H14O5/c1-16-11(15)10(6-14)8-3-2-7(4-12)9(8)5-13/h4-10H,2-3H2,1H3. The van der Waals surface area contributed by atoms with Gasteiger partial charge in [-0.1, -0.05) is 0 Å². The van der Waals surface area contributed by atoms with Gasteiger partial charge in [0.2, 0.25) is 0 Å². The predicted octanol–water partition coefficient (Wildman–Crippen LogP) is 0.0147. The lowest BCUT2D eigenvalue weighted by Crippen LogP contribution is -2.31. The van der Waals surface area contributed by atoms with Crippen LogP contribution in [0.15, 0.2) is 0 Å². The molecular weight excluding hydrogens is 212 g/mol. The van der Waals surface area contributed by atoms with Gasteiger partial charge >= 0.3 is 5.97 Å². The van der Waals surface area contributed by atoms with E-state index < -0.39 is 23.7 Å². The Morgan fingerprint density at radius 2 is 1.94 bits per heavy atom. The van der Waals surface area contributed by atoms with Crippen LogP contribution in [0.3, 0.4) is 0 Å². The van der Waals surface area contributed by atoms with Crippen molar-refractivity contribution in [2.45, 2.75) is 12.8 Å². The maximum Gasteiger partial charge on any atom is 0.316 e. The number of methoxy groups -OCH3 is 1. The quantitative estimate of drug-likeness (QED) is 0.375. The second kappa shape index (κ2) is 5.53. The van der Waals surface area contributed by atoms with Crippen molar-refractivity contribution >= 4 is 24.8 Å². The molecule has 1 saturated carbocycles. The van der Waals surface area contributed by atoms with Crippen molar-refractivity contribution in [2.75, 3.05) is 7.11 Å². The Morgan fingerprint density at radius 1 is 1.25 bits per heavy atom. The molecule has 0 saturated heterocycles. The first-order valence-corrected chi connectivity index (χ1v) is 5.13. The van der Waals surface area contributed by atoms with Crippen molar-refractivity contribution in [2.24, 2.45) is 23.7 Å². The topological polar surface area (TPSA) is 77.5 Å². The van der Waals surface area contributed by atoms with Crippen molar-refractivity contribution in [3.8, 4) is 0 Å². The highest BCUT2D eigenvalue weighted by Gasteiger charge is 2.43. The molecule has 5 nitrogen and oxygen atoms in total. The van der Waals surface area contributed by atoms with Gasteiger partial charge in [-0.05, 0) is 18.8 Å². The summed E-state index contributed by atoms with van der Waals surface area (Å²) in [5.41, 5.74) is 0. The molecule has 1 rings (SSSR count). The van der Waals surface area contributed by atoms with E-state index in [1.807, 2.05) is 0 Å². The third kappa shape index (κ3) is 2.18. The number of hydrogen-bond donors (Lipinski definition) is 0. The minimum Gasteiger partial charge on any atom is -0.468 e. The Labute approximate surface area is 93.1 Å². The van der Waals surface area contributed by atoms with Gasteiger partial charge in [0, 0.05) is 11.8 Å². The highest BCUT2D eigenvalue weighted by Crippen LogP contribution is 2.39. The van der Waals surface area contributed by atoms with Crippen molar-refractivity contribution in [3.63, 3.8) is 0 Å². The first-order chi connectivity index (χ1) is 7.69. The fourth-order valence-corrected chi connectivity index (χ4v) is 2.33. The molecule has 4 atom stereocenters. The molecule has 1 aliphatic rings. The van der Waals surface area contributed by atoms with Crippen LogP contribution in [0.4, 0.5) is 0 Å². The zero-order valence-electron chi connectivity index (χ0n) is 9.00. The van der Waals surface area contributed by atoms with E-state index >= 15 is 0 Å². The average molecular weight is 226 g/mol. The van der Waals surface area contributed by atoms with Crippen LogP contribution in [-0.4, -0.2) is 31.9 Å². The summed E-state index contributed by atoms with van der Waals surface area (Å²) in [4.78, 5) is 43.8. The SMILES string of the molecule is COC(=O)C(C=O)C1CCC(C=O)C1C=O. The third-order valence-electron chi connectivity index (χ3n) is 3.24. The molecule has 0 aromatic rings. The summed E-state index contributed by atoms with van der Waals surface area (Å²) in [5, 5.41) is 0. The maximum absolute atomic E-state index is 11.3. The molecule has 0 aromatic carbocycles. The summed E-state index contributed by atoms with van der Waals surface area (Å²) in [6.07, 6.45) is 2.94. The number of carbonyl (C=O) groups excluding carboxylic acids is 4. The molecule has 0 radical (unpaired) electrons. The van der Waals surface area contributed by atoms with Crippen LogP contribution in [-0.2, 0) is 23.9 Å². The van der Waals surface area contributed by atoms with E-state index in [0.717, 1.165) is 6.29 Å². The molecule has 4 unspecified atom stereocenters. The zero-order chi connectivity index (χ0) is 12.1. The Hall–Kier alpha value is -1.52. The van der Waals surface area contributed by atoms with E-state index in [1.54, 1.807) is 0 Å². The first-order valence-electron chi connectivity index (χ1n) is 5.13. The molecular formula is C11H14O5. The Kier molecular flexibility index (Phi) is 4.34. The Bertz CT molecular complexity index is 299. The number of ether oxygens (including phenoxy) is 1. The van der Waals surface area contributed by atoms with Crippen LogP contribution in [0.5, 0.6) is 0 Å². The number of rotatable bonds is 5. The second-order valence-corrected chi connectivity index (χ2v) is 3.94. The molecule has 5 heteroatoms. The zero-order valence-corrected chi connectivity index (χ0v) is 9.00. The molecule has 1 aliphatic carbocycles. The lowest BCUT2D eigenvalue weighted by Gasteiger charge is -2.20. The minimum atomic E-state index is -0.940. The predicted molar refractivity (Wildman–Crippen MR) is 53.4 cm³/mol. The highest BCUT2D eigenvalue weighted by atomic mass is 16.5. The summed E-state index contributed by atoms with van der Waals surface area (Å²) < 4.78 is 4.50. The maximum atomic E-state index is 11.3. The number of esters is 1. The monoisotopic (exact) mass is 226 g/mol. The van der Waals surface area contributed by atoms with Gasteiger partial charge in [-0.25, -0.2) is 0 Å². The average Bonchev–Trinajstić information content (AvgIpc) is 2.72. The van der Waals surface area contributed by atoms with E-state index in [1.165, 1.54) is 7.11 Å². The first kappa shape index (κ1) is 12.5. The molecule has 0 N–H and O–H groups in total. The minimum absolute atomic E-state index is 0.380. The van der Waals surface area contributed by atoms with Crippen molar-refractivity contribution in [1.29, 1.82) is 0 Å². The fourth-order valence-electron chi connectivity index (χ4n) is 2.33. The van der Waals surface area contributed by atoms with Gasteiger partial charge in [0.1, 0.15) is 24.8 Å². The fraction of sp³-hybridized carbons (Fsp3) is 0.636. The van der Waals surface area contributed by atoms with Crippen LogP contribution < -0.4 is 0 Å². The van der Waals surface area contributed by atoms with Crippen molar-refractivity contribution in [3.05, 3.63) is 0 Å². The number of aldehydes is 3. The highest BCUT2D eigenvalue weighted by molar-refractivity contribution is 5.88. The van der Waals surface area contributed by atoms with Gasteiger partial charge in [-0.2, -0.15) is 0 Å². The third-order valence-corrected chi connectivity index (χ3v) is 3.24. The molecule has 0 spiro atoms. The molecule has 0 amide bonds. The van der Waals surface area contributed by atoms with Crippen LogP contribution in [0.2, 0.25) is 0 Å². The molecule has 0 bridgehead atoms. The van der Waals surface area contributed by atoms with Gasteiger partial charge in [0.05, 0.1) is 7.11 Å². The summed E-state index contributed by atoms with van der Waals surface area (Å²) in [6.45, 7) is 0. The summed E-state index contributed by atoms with van der Waals surface area (Å²) in [6, 6.07) is 0. The van der Waals surface area contributed by atoms with E-state index in [2.05, 4.69) is 4.74 Å². The lowest BCUT2D eigenvalue weighted by molar-refractivity contribution is -0.150. The van der Waals surface area contributed by atoms with Crippen LogP contribution in [0.1, 0.15) is 12.8 Å². The molecule has 0 aromatic heterocycles. The van der Waals surface area contributed by atoms with Gasteiger partial charge in [0.25, 0.3) is 0 Å². The largest absolute Gasteiger partial charge is 0.468 e. The van der Waals surface area contributed by atoms with Gasteiger partial charge in [-0.3, -0.25) is 4.79 Å². The lowest BCUT2D eigenvalue weighted by atomic mass is 9.83. The van der Waals surface area contributed by atoms with E-state index in [9.17, 15) is 19.2 Å². The number of hydrogen-bond acceptors (Lipinski definition) is 5.